The van der Waals surface area contributed by atoms with Gasteiger partial charge in [-0.2, -0.15) is 0 Å². The molecule has 2 N–H and O–H groups in total. The Morgan fingerprint density at radius 2 is 2.04 bits per heavy atom. The number of aliphatic hydroxyl groups is 1. The maximum absolute atomic E-state index is 13.9. The summed E-state index contributed by atoms with van der Waals surface area (Å²) in [5, 5.41) is 22.7. The van der Waals surface area contributed by atoms with Gasteiger partial charge in [-0.1, -0.05) is 28.1 Å². The standard InChI is InChI=1S/C17H17BrFN3O4/c18-13-5-6-14(19)12(9-13)10-21(7-8-23)11-17(24)20-15-3-1-2-4-16(15)22(25)26/h1-6,9,23H,7-8,10-11H2,(H,20,24). The van der Waals surface area contributed by atoms with E-state index in [0.717, 1.165) is 0 Å². The van der Waals surface area contributed by atoms with E-state index in [2.05, 4.69) is 21.2 Å². The summed E-state index contributed by atoms with van der Waals surface area (Å²) < 4.78 is 14.6. The van der Waals surface area contributed by atoms with Crippen LogP contribution in [0.2, 0.25) is 0 Å². The lowest BCUT2D eigenvalue weighted by Crippen LogP contribution is -2.35. The number of halogens is 2. The number of hydrogen-bond donors (Lipinski definition) is 2. The second kappa shape index (κ2) is 9.37. The first-order chi connectivity index (χ1) is 12.4. The lowest BCUT2D eigenvalue weighted by Gasteiger charge is -2.21. The lowest BCUT2D eigenvalue weighted by atomic mass is 10.2. The molecule has 0 atom stereocenters. The highest BCUT2D eigenvalue weighted by atomic mass is 79.9. The Morgan fingerprint density at radius 3 is 2.73 bits per heavy atom. The van der Waals surface area contributed by atoms with Crippen molar-refractivity contribution >= 4 is 33.2 Å². The van der Waals surface area contributed by atoms with Crippen molar-refractivity contribution in [3.8, 4) is 0 Å². The van der Waals surface area contributed by atoms with Gasteiger partial charge in [-0.05, 0) is 24.3 Å². The zero-order valence-electron chi connectivity index (χ0n) is 13.7. The number of nitrogens with one attached hydrogen (secondary N) is 1. The molecule has 0 bridgehead atoms. The normalized spacial score (nSPS) is 10.8. The average molecular weight is 426 g/mol. The van der Waals surface area contributed by atoms with E-state index in [1.165, 1.54) is 24.3 Å². The highest BCUT2D eigenvalue weighted by Gasteiger charge is 2.18. The smallest absolute Gasteiger partial charge is 0.292 e. The summed E-state index contributed by atoms with van der Waals surface area (Å²) in [6.07, 6.45) is 0. The van der Waals surface area contributed by atoms with Crippen LogP contribution >= 0.6 is 15.9 Å². The van der Waals surface area contributed by atoms with Crippen LogP contribution < -0.4 is 5.32 Å². The number of benzene rings is 2. The fourth-order valence-electron chi connectivity index (χ4n) is 2.39. The second-order valence-electron chi connectivity index (χ2n) is 5.49. The van der Waals surface area contributed by atoms with Gasteiger partial charge in [-0.15, -0.1) is 0 Å². The van der Waals surface area contributed by atoms with E-state index in [4.69, 9.17) is 0 Å². The SMILES string of the molecule is O=C(CN(CCO)Cc1cc(Br)ccc1F)Nc1ccccc1[N+](=O)[O-]. The van der Waals surface area contributed by atoms with Crippen molar-refractivity contribution in [1.82, 2.24) is 4.90 Å². The molecule has 0 radical (unpaired) electrons. The number of para-hydroxylation sites is 2. The van der Waals surface area contributed by atoms with Crippen molar-refractivity contribution in [2.45, 2.75) is 6.54 Å². The molecule has 7 nitrogen and oxygen atoms in total. The second-order valence-corrected chi connectivity index (χ2v) is 6.41. The van der Waals surface area contributed by atoms with E-state index in [9.17, 15) is 24.4 Å². The molecular weight excluding hydrogens is 409 g/mol. The van der Waals surface area contributed by atoms with Crippen molar-refractivity contribution in [1.29, 1.82) is 0 Å². The third-order valence-electron chi connectivity index (χ3n) is 3.56. The summed E-state index contributed by atoms with van der Waals surface area (Å²) in [5.74, 6) is -0.918. The molecule has 0 fully saturated rings. The molecule has 0 aliphatic carbocycles. The van der Waals surface area contributed by atoms with E-state index in [1.807, 2.05) is 0 Å². The molecule has 0 aliphatic heterocycles. The van der Waals surface area contributed by atoms with Crippen molar-refractivity contribution < 1.29 is 19.2 Å². The third-order valence-corrected chi connectivity index (χ3v) is 4.05. The van der Waals surface area contributed by atoms with Crippen LogP contribution in [0.25, 0.3) is 0 Å². The first-order valence-corrected chi connectivity index (χ1v) is 8.50. The van der Waals surface area contributed by atoms with Gasteiger partial charge in [0.1, 0.15) is 11.5 Å². The van der Waals surface area contributed by atoms with E-state index >= 15 is 0 Å². The number of nitro groups is 1. The molecule has 0 aliphatic rings. The summed E-state index contributed by atoms with van der Waals surface area (Å²) in [4.78, 5) is 24.2. The monoisotopic (exact) mass is 425 g/mol. The zero-order chi connectivity index (χ0) is 19.1. The minimum Gasteiger partial charge on any atom is -0.395 e. The van der Waals surface area contributed by atoms with Crippen LogP contribution in [-0.2, 0) is 11.3 Å². The van der Waals surface area contributed by atoms with Crippen LogP contribution in [0.5, 0.6) is 0 Å². The largest absolute Gasteiger partial charge is 0.395 e. The molecule has 2 rings (SSSR count). The quantitative estimate of drug-likeness (QED) is 0.500. The summed E-state index contributed by atoms with van der Waals surface area (Å²) >= 11 is 3.26. The molecular formula is C17H17BrFN3O4. The van der Waals surface area contributed by atoms with Crippen LogP contribution in [0, 0.1) is 15.9 Å². The van der Waals surface area contributed by atoms with E-state index in [1.54, 1.807) is 23.1 Å². The molecule has 0 spiro atoms. The predicted molar refractivity (Wildman–Crippen MR) is 98.2 cm³/mol. The molecule has 0 unspecified atom stereocenters. The lowest BCUT2D eigenvalue weighted by molar-refractivity contribution is -0.383. The molecule has 138 valence electrons. The minimum absolute atomic E-state index is 0.0834. The molecule has 9 heteroatoms. The fourth-order valence-corrected chi connectivity index (χ4v) is 2.80. The molecule has 2 aromatic carbocycles. The number of nitro benzene ring substituents is 1. The van der Waals surface area contributed by atoms with Crippen molar-refractivity contribution in [3.63, 3.8) is 0 Å². The Kier molecular flexibility index (Phi) is 7.19. The maximum Gasteiger partial charge on any atom is 0.292 e. The van der Waals surface area contributed by atoms with E-state index in [0.29, 0.717) is 10.0 Å². The van der Waals surface area contributed by atoms with Gasteiger partial charge >= 0.3 is 0 Å². The minimum atomic E-state index is -0.585. The first-order valence-electron chi connectivity index (χ1n) is 7.71. The molecule has 0 saturated heterocycles. The molecule has 0 saturated carbocycles. The molecule has 1 amide bonds. The van der Waals surface area contributed by atoms with E-state index in [-0.39, 0.29) is 37.6 Å². The van der Waals surface area contributed by atoms with Gasteiger partial charge < -0.3 is 10.4 Å². The number of rotatable bonds is 8. The number of carbonyl (C=O) groups is 1. The number of anilines is 1. The average Bonchev–Trinajstić information content (AvgIpc) is 2.58. The van der Waals surface area contributed by atoms with E-state index < -0.39 is 16.6 Å². The summed E-state index contributed by atoms with van der Waals surface area (Å²) in [5.41, 5.74) is 0.235. The van der Waals surface area contributed by atoms with Gasteiger partial charge in [0.2, 0.25) is 5.91 Å². The summed E-state index contributed by atoms with van der Waals surface area (Å²) in [6.45, 7) is -0.112. The Hall–Kier alpha value is -2.36. The van der Waals surface area contributed by atoms with Gasteiger partial charge in [0.25, 0.3) is 5.69 Å². The van der Waals surface area contributed by atoms with Crippen LogP contribution in [-0.4, -0.2) is 40.5 Å². The molecule has 26 heavy (non-hydrogen) atoms. The van der Waals surface area contributed by atoms with Gasteiger partial charge in [0.05, 0.1) is 18.1 Å². The third kappa shape index (κ3) is 5.58. The number of amides is 1. The van der Waals surface area contributed by atoms with Crippen molar-refractivity contribution in [2.75, 3.05) is 25.0 Å². The van der Waals surface area contributed by atoms with Crippen LogP contribution in [0.1, 0.15) is 5.56 Å². The predicted octanol–water partition coefficient (Wildman–Crippen LogP) is 2.93. The Morgan fingerprint density at radius 1 is 1.31 bits per heavy atom. The highest BCUT2D eigenvalue weighted by Crippen LogP contribution is 2.23. The highest BCUT2D eigenvalue weighted by molar-refractivity contribution is 9.10. The summed E-state index contributed by atoms with van der Waals surface area (Å²) in [7, 11) is 0. The number of nitrogens with zero attached hydrogens (tertiary/aromatic N) is 2. The Labute approximate surface area is 157 Å². The van der Waals surface area contributed by atoms with Gasteiger partial charge in [-0.3, -0.25) is 19.8 Å². The van der Waals surface area contributed by atoms with Gasteiger partial charge in [0, 0.05) is 29.2 Å². The van der Waals surface area contributed by atoms with Gasteiger partial charge in [-0.25, -0.2) is 4.39 Å². The Bertz CT molecular complexity index is 803. The number of hydrogen-bond acceptors (Lipinski definition) is 5. The van der Waals surface area contributed by atoms with Crippen molar-refractivity contribution in [3.05, 3.63) is 68.4 Å². The van der Waals surface area contributed by atoms with Crippen molar-refractivity contribution in [2.24, 2.45) is 0 Å². The molecule has 0 heterocycles. The number of aliphatic hydroxyl groups excluding tert-OH is 1. The van der Waals surface area contributed by atoms with Gasteiger partial charge in [0.15, 0.2) is 0 Å². The molecule has 0 aromatic heterocycles. The van der Waals surface area contributed by atoms with Crippen LogP contribution in [0.4, 0.5) is 15.8 Å². The number of carbonyl (C=O) groups excluding carboxylic acids is 1. The topological polar surface area (TPSA) is 95.7 Å². The van der Waals surface area contributed by atoms with Crippen LogP contribution in [0.3, 0.4) is 0 Å². The fraction of sp³-hybridized carbons (Fsp3) is 0.235. The maximum atomic E-state index is 13.9. The summed E-state index contributed by atoms with van der Waals surface area (Å²) in [6, 6.07) is 10.3. The molecule has 2 aromatic rings. The zero-order valence-corrected chi connectivity index (χ0v) is 15.3. The Balaban J connectivity index is 2.08. The first kappa shape index (κ1) is 20.0. The van der Waals surface area contributed by atoms with Crippen LogP contribution in [0.15, 0.2) is 46.9 Å².